The third-order valence-corrected chi connectivity index (χ3v) is 1.97. The Morgan fingerprint density at radius 2 is 2.00 bits per heavy atom. The van der Waals surface area contributed by atoms with Gasteiger partial charge in [0.2, 0.25) is 5.88 Å². The maximum Gasteiger partial charge on any atom is 0.345 e. The Bertz CT molecular complexity index is 380. The zero-order valence-electron chi connectivity index (χ0n) is 10.5. The first-order valence-corrected chi connectivity index (χ1v) is 5.82. The Labute approximate surface area is 101 Å². The van der Waals surface area contributed by atoms with Gasteiger partial charge in [-0.2, -0.15) is 4.98 Å². The summed E-state index contributed by atoms with van der Waals surface area (Å²) in [5.74, 6) is 0.446. The molecule has 0 aromatic carbocycles. The fourth-order valence-electron chi connectivity index (χ4n) is 1.17. The van der Waals surface area contributed by atoms with Crippen LogP contribution in [0.1, 0.15) is 42.9 Å². The second-order valence-corrected chi connectivity index (χ2v) is 3.62. The number of aromatic nitrogens is 2. The van der Waals surface area contributed by atoms with Crippen LogP contribution in [0, 0.1) is 6.92 Å². The van der Waals surface area contributed by atoms with Gasteiger partial charge in [0.25, 0.3) is 0 Å². The number of carbonyl (C=O) groups excluding carboxylic acids is 1. The highest BCUT2D eigenvalue weighted by Crippen LogP contribution is 2.16. The molecule has 0 N–H and O–H groups in total. The number of ether oxygens (including phenoxy) is 2. The molecule has 1 aromatic heterocycles. The molecule has 1 heterocycles. The van der Waals surface area contributed by atoms with Gasteiger partial charge in [-0.05, 0) is 19.8 Å². The molecule has 0 radical (unpaired) electrons. The molecule has 17 heavy (non-hydrogen) atoms. The van der Waals surface area contributed by atoms with Crippen molar-refractivity contribution >= 4 is 5.97 Å². The lowest BCUT2D eigenvalue weighted by Crippen LogP contribution is -2.11. The largest absolute Gasteiger partial charge is 0.477 e. The number of rotatable bonds is 6. The van der Waals surface area contributed by atoms with Crippen LogP contribution in [0.15, 0.2) is 6.20 Å². The van der Waals surface area contributed by atoms with E-state index in [1.165, 1.54) is 6.20 Å². The molecule has 0 atom stereocenters. The lowest BCUT2D eigenvalue weighted by Gasteiger charge is -2.09. The Morgan fingerprint density at radius 3 is 2.65 bits per heavy atom. The van der Waals surface area contributed by atoms with E-state index in [0.29, 0.717) is 24.9 Å². The molecule has 0 amide bonds. The molecule has 5 heteroatoms. The molecular formula is C12H18N2O3. The minimum atomic E-state index is -0.432. The standard InChI is InChI=1S/C12H18N2O3/c1-4-6-16-11-10(8-13-9(3)14-11)12(15)17-7-5-2/h8H,4-7H2,1-3H3. The van der Waals surface area contributed by atoms with Crippen molar-refractivity contribution in [3.8, 4) is 5.88 Å². The van der Waals surface area contributed by atoms with Crippen molar-refractivity contribution in [2.75, 3.05) is 13.2 Å². The van der Waals surface area contributed by atoms with Gasteiger partial charge < -0.3 is 9.47 Å². The highest BCUT2D eigenvalue weighted by atomic mass is 16.5. The first kappa shape index (κ1) is 13.4. The van der Waals surface area contributed by atoms with Gasteiger partial charge in [0.1, 0.15) is 11.4 Å². The summed E-state index contributed by atoms with van der Waals surface area (Å²) in [6.07, 6.45) is 3.08. The summed E-state index contributed by atoms with van der Waals surface area (Å²) in [7, 11) is 0. The Kier molecular flexibility index (Phi) is 5.39. The van der Waals surface area contributed by atoms with Crippen LogP contribution >= 0.6 is 0 Å². The maximum absolute atomic E-state index is 11.7. The van der Waals surface area contributed by atoms with Gasteiger partial charge in [-0.1, -0.05) is 13.8 Å². The van der Waals surface area contributed by atoms with Gasteiger partial charge >= 0.3 is 5.97 Å². The molecule has 0 aliphatic heterocycles. The highest BCUT2D eigenvalue weighted by molar-refractivity contribution is 5.91. The summed E-state index contributed by atoms with van der Waals surface area (Å²) in [6, 6.07) is 0. The third-order valence-electron chi connectivity index (χ3n) is 1.97. The minimum Gasteiger partial charge on any atom is -0.477 e. The molecule has 0 unspecified atom stereocenters. The molecule has 0 bridgehead atoms. The van der Waals surface area contributed by atoms with Gasteiger partial charge in [0.05, 0.1) is 13.2 Å². The van der Waals surface area contributed by atoms with E-state index in [1.54, 1.807) is 6.92 Å². The van der Waals surface area contributed by atoms with E-state index >= 15 is 0 Å². The molecule has 0 fully saturated rings. The van der Waals surface area contributed by atoms with E-state index < -0.39 is 5.97 Å². The molecular weight excluding hydrogens is 220 g/mol. The zero-order chi connectivity index (χ0) is 12.7. The van der Waals surface area contributed by atoms with Gasteiger partial charge in [0.15, 0.2) is 0 Å². The summed E-state index contributed by atoms with van der Waals surface area (Å²) < 4.78 is 10.5. The van der Waals surface area contributed by atoms with Crippen LogP contribution in [0.4, 0.5) is 0 Å². The van der Waals surface area contributed by atoms with E-state index in [4.69, 9.17) is 9.47 Å². The molecule has 0 aliphatic rings. The second kappa shape index (κ2) is 6.83. The third kappa shape index (κ3) is 4.01. The van der Waals surface area contributed by atoms with Crippen molar-refractivity contribution in [1.29, 1.82) is 0 Å². The average molecular weight is 238 g/mol. The zero-order valence-corrected chi connectivity index (χ0v) is 10.5. The smallest absolute Gasteiger partial charge is 0.345 e. The molecule has 1 aromatic rings. The molecule has 1 rings (SSSR count). The lowest BCUT2D eigenvalue weighted by molar-refractivity contribution is 0.0498. The Hall–Kier alpha value is -1.65. The topological polar surface area (TPSA) is 61.3 Å². The van der Waals surface area contributed by atoms with E-state index in [2.05, 4.69) is 9.97 Å². The molecule has 0 aliphatic carbocycles. The van der Waals surface area contributed by atoms with Crippen LogP contribution < -0.4 is 4.74 Å². The van der Waals surface area contributed by atoms with Crippen molar-refractivity contribution < 1.29 is 14.3 Å². The predicted octanol–water partition coefficient (Wildman–Crippen LogP) is 2.14. The predicted molar refractivity (Wildman–Crippen MR) is 63.1 cm³/mol. The van der Waals surface area contributed by atoms with Crippen LogP contribution in [-0.4, -0.2) is 29.2 Å². The van der Waals surface area contributed by atoms with E-state index in [0.717, 1.165) is 12.8 Å². The number of esters is 1. The van der Waals surface area contributed by atoms with Gasteiger partial charge in [-0.15, -0.1) is 0 Å². The summed E-state index contributed by atoms with van der Waals surface area (Å²) in [5, 5.41) is 0. The molecule has 94 valence electrons. The first-order valence-electron chi connectivity index (χ1n) is 5.82. The van der Waals surface area contributed by atoms with Crippen molar-refractivity contribution in [2.24, 2.45) is 0 Å². The fourth-order valence-corrected chi connectivity index (χ4v) is 1.17. The Balaban J connectivity index is 2.84. The number of nitrogens with zero attached hydrogens (tertiary/aromatic N) is 2. The molecule has 5 nitrogen and oxygen atoms in total. The first-order chi connectivity index (χ1) is 8.19. The summed E-state index contributed by atoms with van der Waals surface area (Å²) in [5.41, 5.74) is 0.289. The van der Waals surface area contributed by atoms with Crippen LogP contribution in [0.2, 0.25) is 0 Å². The van der Waals surface area contributed by atoms with Crippen molar-refractivity contribution in [2.45, 2.75) is 33.6 Å². The molecule has 0 spiro atoms. The number of hydrogen-bond donors (Lipinski definition) is 0. The van der Waals surface area contributed by atoms with Gasteiger partial charge in [-0.3, -0.25) is 0 Å². The van der Waals surface area contributed by atoms with Crippen LogP contribution in [-0.2, 0) is 4.74 Å². The minimum absolute atomic E-state index is 0.289. The van der Waals surface area contributed by atoms with E-state index in [-0.39, 0.29) is 5.56 Å². The number of aryl methyl sites for hydroxylation is 1. The summed E-state index contributed by atoms with van der Waals surface area (Å²) >= 11 is 0. The van der Waals surface area contributed by atoms with Gasteiger partial charge in [0, 0.05) is 6.20 Å². The van der Waals surface area contributed by atoms with E-state index in [1.807, 2.05) is 13.8 Å². The van der Waals surface area contributed by atoms with E-state index in [9.17, 15) is 4.79 Å². The number of carbonyl (C=O) groups is 1. The Morgan fingerprint density at radius 1 is 1.29 bits per heavy atom. The summed E-state index contributed by atoms with van der Waals surface area (Å²) in [4.78, 5) is 19.8. The molecule has 0 saturated heterocycles. The van der Waals surface area contributed by atoms with Crippen LogP contribution in [0.3, 0.4) is 0 Å². The quantitative estimate of drug-likeness (QED) is 0.710. The van der Waals surface area contributed by atoms with Crippen molar-refractivity contribution in [3.05, 3.63) is 17.6 Å². The van der Waals surface area contributed by atoms with Crippen molar-refractivity contribution in [3.63, 3.8) is 0 Å². The normalized spacial score (nSPS) is 10.1. The summed E-state index contributed by atoms with van der Waals surface area (Å²) in [6.45, 7) is 6.58. The highest BCUT2D eigenvalue weighted by Gasteiger charge is 2.16. The van der Waals surface area contributed by atoms with Crippen molar-refractivity contribution in [1.82, 2.24) is 9.97 Å². The molecule has 0 saturated carbocycles. The number of hydrogen-bond acceptors (Lipinski definition) is 5. The SMILES string of the molecule is CCCOC(=O)c1cnc(C)nc1OCCC. The lowest BCUT2D eigenvalue weighted by atomic mass is 10.3. The second-order valence-electron chi connectivity index (χ2n) is 3.62. The van der Waals surface area contributed by atoms with Crippen LogP contribution in [0.5, 0.6) is 5.88 Å². The maximum atomic E-state index is 11.7. The van der Waals surface area contributed by atoms with Gasteiger partial charge in [-0.25, -0.2) is 9.78 Å². The monoisotopic (exact) mass is 238 g/mol. The van der Waals surface area contributed by atoms with Crippen LogP contribution in [0.25, 0.3) is 0 Å². The average Bonchev–Trinajstić information content (AvgIpc) is 2.33. The fraction of sp³-hybridized carbons (Fsp3) is 0.583.